The van der Waals surface area contributed by atoms with Crippen LogP contribution in [0.1, 0.15) is 25.7 Å². The molecule has 4 heteroatoms. The van der Waals surface area contributed by atoms with E-state index in [1.165, 1.54) is 12.8 Å². The second kappa shape index (κ2) is 6.80. The number of carbonyl (C=O) groups excluding carboxylic acids is 1. The summed E-state index contributed by atoms with van der Waals surface area (Å²) >= 11 is 0. The highest BCUT2D eigenvalue weighted by Gasteiger charge is 2.22. The summed E-state index contributed by atoms with van der Waals surface area (Å²) in [7, 11) is 3.49. The van der Waals surface area contributed by atoms with Crippen LogP contribution in [0.2, 0.25) is 0 Å². The molecule has 0 aliphatic heterocycles. The molecule has 0 spiro atoms. The first-order chi connectivity index (χ1) is 7.25. The van der Waals surface area contributed by atoms with Crippen LogP contribution in [0.3, 0.4) is 0 Å². The van der Waals surface area contributed by atoms with E-state index in [9.17, 15) is 4.79 Å². The van der Waals surface area contributed by atoms with Gasteiger partial charge in [0.15, 0.2) is 0 Å². The van der Waals surface area contributed by atoms with E-state index in [4.69, 9.17) is 9.47 Å². The zero-order valence-corrected chi connectivity index (χ0v) is 9.70. The predicted molar refractivity (Wildman–Crippen MR) is 57.7 cm³/mol. The summed E-state index contributed by atoms with van der Waals surface area (Å²) in [5.41, 5.74) is 0. The minimum Gasteiger partial charge on any atom is -0.382 e. The Kier molecular flexibility index (Phi) is 5.65. The van der Waals surface area contributed by atoms with Crippen LogP contribution in [0.15, 0.2) is 0 Å². The zero-order valence-electron chi connectivity index (χ0n) is 9.70. The molecule has 15 heavy (non-hydrogen) atoms. The largest absolute Gasteiger partial charge is 0.382 e. The Hall–Kier alpha value is -0.610. The molecule has 1 fully saturated rings. The Morgan fingerprint density at radius 1 is 1.33 bits per heavy atom. The first-order valence-corrected chi connectivity index (χ1v) is 5.58. The van der Waals surface area contributed by atoms with Crippen molar-refractivity contribution in [1.29, 1.82) is 0 Å². The average Bonchev–Trinajstić information content (AvgIpc) is 2.76. The minimum atomic E-state index is 0.0815. The summed E-state index contributed by atoms with van der Waals surface area (Å²) in [4.78, 5) is 13.5. The van der Waals surface area contributed by atoms with Crippen molar-refractivity contribution in [2.75, 3.05) is 34.0 Å². The second-order valence-electron chi connectivity index (χ2n) is 3.99. The molecule has 1 rings (SSSR count). The molecule has 1 aliphatic rings. The van der Waals surface area contributed by atoms with Crippen molar-refractivity contribution in [3.8, 4) is 0 Å². The van der Waals surface area contributed by atoms with E-state index in [0.717, 1.165) is 12.8 Å². The lowest BCUT2D eigenvalue weighted by Crippen LogP contribution is -2.37. The Bertz CT molecular complexity index is 190. The van der Waals surface area contributed by atoms with Crippen LogP contribution in [0.5, 0.6) is 0 Å². The van der Waals surface area contributed by atoms with Crippen LogP contribution in [-0.2, 0) is 14.3 Å². The molecule has 1 aliphatic carbocycles. The van der Waals surface area contributed by atoms with E-state index < -0.39 is 0 Å². The number of nitrogens with zero attached hydrogens (tertiary/aromatic N) is 1. The number of hydrogen-bond donors (Lipinski definition) is 0. The highest BCUT2D eigenvalue weighted by atomic mass is 16.5. The van der Waals surface area contributed by atoms with Crippen LogP contribution in [0.25, 0.3) is 0 Å². The van der Waals surface area contributed by atoms with Crippen LogP contribution in [0, 0.1) is 0 Å². The molecule has 0 aromatic rings. The highest BCUT2D eigenvalue weighted by Crippen LogP contribution is 2.22. The first kappa shape index (κ1) is 12.5. The maximum Gasteiger partial charge on any atom is 0.248 e. The molecule has 0 saturated heterocycles. The van der Waals surface area contributed by atoms with Crippen molar-refractivity contribution < 1.29 is 14.3 Å². The second-order valence-corrected chi connectivity index (χ2v) is 3.99. The van der Waals surface area contributed by atoms with Gasteiger partial charge in [-0.15, -0.1) is 0 Å². The predicted octanol–water partition coefficient (Wildman–Crippen LogP) is 1.05. The van der Waals surface area contributed by atoms with Crippen molar-refractivity contribution >= 4 is 5.91 Å². The lowest BCUT2D eigenvalue weighted by molar-refractivity contribution is -0.137. The highest BCUT2D eigenvalue weighted by molar-refractivity contribution is 5.77. The van der Waals surface area contributed by atoms with Gasteiger partial charge >= 0.3 is 0 Å². The number of likely N-dealkylation sites (N-methyl/N-ethyl adjacent to an activating group) is 1. The average molecular weight is 215 g/mol. The lowest BCUT2D eigenvalue weighted by atomic mass is 10.2. The minimum absolute atomic E-state index is 0.0815. The van der Waals surface area contributed by atoms with E-state index in [0.29, 0.717) is 19.3 Å². The number of amides is 1. The standard InChI is InChI=1S/C11H21NO3/c1-12(10-5-3-4-6-10)11(13)9-15-8-7-14-2/h10H,3-9H2,1-2H3. The van der Waals surface area contributed by atoms with Crippen LogP contribution in [0.4, 0.5) is 0 Å². The maximum absolute atomic E-state index is 11.7. The Morgan fingerprint density at radius 3 is 2.60 bits per heavy atom. The first-order valence-electron chi connectivity index (χ1n) is 5.58. The van der Waals surface area contributed by atoms with Crippen molar-refractivity contribution in [3.63, 3.8) is 0 Å². The summed E-state index contributed by atoms with van der Waals surface area (Å²) in [5.74, 6) is 0.0815. The van der Waals surface area contributed by atoms with Crippen molar-refractivity contribution in [2.24, 2.45) is 0 Å². The van der Waals surface area contributed by atoms with E-state index in [1.807, 2.05) is 11.9 Å². The number of carbonyl (C=O) groups is 1. The van der Waals surface area contributed by atoms with Gasteiger partial charge in [0.25, 0.3) is 0 Å². The molecule has 0 aromatic heterocycles. The summed E-state index contributed by atoms with van der Waals surface area (Å²) in [6.45, 7) is 1.21. The third-order valence-corrected chi connectivity index (χ3v) is 2.92. The fraction of sp³-hybridized carbons (Fsp3) is 0.909. The van der Waals surface area contributed by atoms with Gasteiger partial charge in [-0.2, -0.15) is 0 Å². The lowest BCUT2D eigenvalue weighted by Gasteiger charge is -2.24. The van der Waals surface area contributed by atoms with Gasteiger partial charge in [-0.25, -0.2) is 0 Å². The molecule has 0 atom stereocenters. The molecular weight excluding hydrogens is 194 g/mol. The molecule has 4 nitrogen and oxygen atoms in total. The summed E-state index contributed by atoms with van der Waals surface area (Å²) in [5, 5.41) is 0. The zero-order chi connectivity index (χ0) is 11.1. The molecular formula is C11H21NO3. The molecule has 0 heterocycles. The molecule has 0 radical (unpaired) electrons. The van der Waals surface area contributed by atoms with E-state index in [-0.39, 0.29) is 12.5 Å². The number of hydrogen-bond acceptors (Lipinski definition) is 3. The molecule has 0 unspecified atom stereocenters. The fourth-order valence-corrected chi connectivity index (χ4v) is 1.90. The van der Waals surface area contributed by atoms with E-state index in [2.05, 4.69) is 0 Å². The van der Waals surface area contributed by atoms with Crippen LogP contribution in [-0.4, -0.2) is 50.8 Å². The van der Waals surface area contributed by atoms with Gasteiger partial charge in [0.2, 0.25) is 5.91 Å². The number of ether oxygens (including phenoxy) is 2. The monoisotopic (exact) mass is 215 g/mol. The normalized spacial score (nSPS) is 16.9. The summed E-state index contributed by atoms with van der Waals surface area (Å²) in [6.07, 6.45) is 4.76. The van der Waals surface area contributed by atoms with Crippen molar-refractivity contribution in [1.82, 2.24) is 4.90 Å². The van der Waals surface area contributed by atoms with Gasteiger partial charge in [-0.05, 0) is 12.8 Å². The van der Waals surface area contributed by atoms with Crippen molar-refractivity contribution in [2.45, 2.75) is 31.7 Å². The topological polar surface area (TPSA) is 38.8 Å². The molecule has 0 N–H and O–H groups in total. The Morgan fingerprint density at radius 2 is 2.00 bits per heavy atom. The third kappa shape index (κ3) is 4.18. The van der Waals surface area contributed by atoms with Crippen molar-refractivity contribution in [3.05, 3.63) is 0 Å². The molecule has 1 amide bonds. The molecule has 88 valence electrons. The SMILES string of the molecule is COCCOCC(=O)N(C)C1CCCC1. The molecule has 0 aromatic carbocycles. The fourth-order valence-electron chi connectivity index (χ4n) is 1.90. The maximum atomic E-state index is 11.7. The van der Waals surface area contributed by atoms with Gasteiger partial charge in [-0.1, -0.05) is 12.8 Å². The van der Waals surface area contributed by atoms with Gasteiger partial charge < -0.3 is 14.4 Å². The van der Waals surface area contributed by atoms with Gasteiger partial charge in [-0.3, -0.25) is 4.79 Å². The van der Waals surface area contributed by atoms with Crippen LogP contribution < -0.4 is 0 Å². The van der Waals surface area contributed by atoms with Gasteiger partial charge in [0, 0.05) is 20.2 Å². The summed E-state index contributed by atoms with van der Waals surface area (Å²) < 4.78 is 10.0. The Balaban J connectivity index is 2.14. The number of rotatable bonds is 6. The summed E-state index contributed by atoms with van der Waals surface area (Å²) in [6, 6.07) is 0.434. The van der Waals surface area contributed by atoms with Gasteiger partial charge in [0.1, 0.15) is 6.61 Å². The third-order valence-electron chi connectivity index (χ3n) is 2.92. The smallest absolute Gasteiger partial charge is 0.248 e. The van der Waals surface area contributed by atoms with E-state index >= 15 is 0 Å². The quantitative estimate of drug-likeness (QED) is 0.622. The van der Waals surface area contributed by atoms with E-state index in [1.54, 1.807) is 7.11 Å². The van der Waals surface area contributed by atoms with Gasteiger partial charge in [0.05, 0.1) is 13.2 Å². The number of methoxy groups -OCH3 is 1. The molecule has 0 bridgehead atoms. The Labute approximate surface area is 91.5 Å². The molecule has 1 saturated carbocycles. The van der Waals surface area contributed by atoms with Crippen LogP contribution >= 0.6 is 0 Å².